The summed E-state index contributed by atoms with van der Waals surface area (Å²) in [5.41, 5.74) is 1.75. The molecule has 1 aromatic carbocycles. The standard InChI is InChI=1S/C23H30N2O2/c1-16-4-2-3-5-20(16)21(26)24-6-8-25(9-7-24)22(27)23-13-17-10-18(14-23)12-19(11-17)15-23/h2-5,17-19H,6-15H2,1H3. The smallest absolute Gasteiger partial charge is 0.254 e. The summed E-state index contributed by atoms with van der Waals surface area (Å²) in [6.07, 6.45) is 7.47. The van der Waals surface area contributed by atoms with Gasteiger partial charge in [0.15, 0.2) is 0 Å². The van der Waals surface area contributed by atoms with E-state index < -0.39 is 0 Å². The van der Waals surface area contributed by atoms with Gasteiger partial charge in [-0.25, -0.2) is 0 Å². The first-order chi connectivity index (χ1) is 13.0. The van der Waals surface area contributed by atoms with Gasteiger partial charge in [-0.2, -0.15) is 0 Å². The van der Waals surface area contributed by atoms with Crippen LogP contribution in [0.1, 0.15) is 54.4 Å². The Balaban J connectivity index is 1.25. The summed E-state index contributed by atoms with van der Waals surface area (Å²) in [5.74, 6) is 2.90. The van der Waals surface area contributed by atoms with Crippen LogP contribution < -0.4 is 0 Å². The highest BCUT2D eigenvalue weighted by molar-refractivity contribution is 5.95. The molecule has 1 aromatic rings. The van der Waals surface area contributed by atoms with Gasteiger partial charge in [-0.05, 0) is 74.8 Å². The third-order valence-corrected chi connectivity index (χ3v) is 7.72. The maximum absolute atomic E-state index is 13.5. The van der Waals surface area contributed by atoms with E-state index in [-0.39, 0.29) is 11.3 Å². The second-order valence-electron chi connectivity index (χ2n) is 9.60. The summed E-state index contributed by atoms with van der Waals surface area (Å²) in [4.78, 5) is 30.3. The minimum absolute atomic E-state index is 0.0586. The number of piperazine rings is 1. The number of aryl methyl sites for hydroxylation is 1. The summed E-state index contributed by atoms with van der Waals surface area (Å²) in [6, 6.07) is 7.78. The van der Waals surface area contributed by atoms with Crippen molar-refractivity contribution in [3.05, 3.63) is 35.4 Å². The van der Waals surface area contributed by atoms with Gasteiger partial charge in [0.1, 0.15) is 0 Å². The highest BCUT2D eigenvalue weighted by atomic mass is 16.2. The average Bonchev–Trinajstić information content (AvgIpc) is 2.66. The fourth-order valence-corrected chi connectivity index (χ4v) is 6.80. The summed E-state index contributed by atoms with van der Waals surface area (Å²) < 4.78 is 0. The Labute approximate surface area is 161 Å². The van der Waals surface area contributed by atoms with Crippen molar-refractivity contribution in [3.63, 3.8) is 0 Å². The zero-order valence-electron chi connectivity index (χ0n) is 16.3. The van der Waals surface area contributed by atoms with E-state index in [9.17, 15) is 9.59 Å². The molecule has 5 aliphatic rings. The maximum Gasteiger partial charge on any atom is 0.254 e. The number of hydrogen-bond acceptors (Lipinski definition) is 2. The normalized spacial score (nSPS) is 34.8. The molecule has 1 heterocycles. The van der Waals surface area contributed by atoms with Gasteiger partial charge in [-0.15, -0.1) is 0 Å². The zero-order valence-corrected chi connectivity index (χ0v) is 16.3. The first kappa shape index (κ1) is 17.3. The fourth-order valence-electron chi connectivity index (χ4n) is 6.80. The monoisotopic (exact) mass is 366 g/mol. The molecule has 1 aliphatic heterocycles. The highest BCUT2D eigenvalue weighted by Crippen LogP contribution is 2.60. The number of benzene rings is 1. The Kier molecular flexibility index (Phi) is 4.06. The molecule has 144 valence electrons. The van der Waals surface area contributed by atoms with Crippen LogP contribution in [0.15, 0.2) is 24.3 Å². The van der Waals surface area contributed by atoms with Crippen LogP contribution in [0.5, 0.6) is 0 Å². The molecule has 0 unspecified atom stereocenters. The van der Waals surface area contributed by atoms with Crippen molar-refractivity contribution >= 4 is 11.8 Å². The lowest BCUT2D eigenvalue weighted by atomic mass is 9.49. The Morgan fingerprint density at radius 1 is 0.852 bits per heavy atom. The van der Waals surface area contributed by atoms with Crippen molar-refractivity contribution in [2.45, 2.75) is 45.4 Å². The van der Waals surface area contributed by atoms with Crippen molar-refractivity contribution in [3.8, 4) is 0 Å². The fraction of sp³-hybridized carbons (Fsp3) is 0.652. The predicted molar refractivity (Wildman–Crippen MR) is 104 cm³/mol. The molecule has 4 nitrogen and oxygen atoms in total. The average molecular weight is 367 g/mol. The quantitative estimate of drug-likeness (QED) is 0.804. The Morgan fingerprint density at radius 2 is 1.37 bits per heavy atom. The highest BCUT2D eigenvalue weighted by Gasteiger charge is 2.55. The number of rotatable bonds is 2. The van der Waals surface area contributed by atoms with Gasteiger partial charge in [-0.3, -0.25) is 9.59 Å². The maximum atomic E-state index is 13.5. The number of nitrogens with zero attached hydrogens (tertiary/aromatic N) is 2. The first-order valence-corrected chi connectivity index (χ1v) is 10.7. The second kappa shape index (κ2) is 6.35. The Bertz CT molecular complexity index is 728. The van der Waals surface area contributed by atoms with Crippen LogP contribution >= 0.6 is 0 Å². The van der Waals surface area contributed by atoms with Crippen molar-refractivity contribution < 1.29 is 9.59 Å². The number of carbonyl (C=O) groups is 2. The van der Waals surface area contributed by atoms with E-state index in [1.165, 1.54) is 19.3 Å². The van der Waals surface area contributed by atoms with Gasteiger partial charge in [-0.1, -0.05) is 18.2 Å². The third kappa shape index (κ3) is 2.88. The molecule has 1 saturated heterocycles. The topological polar surface area (TPSA) is 40.6 Å². The molecule has 4 saturated carbocycles. The molecular formula is C23H30N2O2. The van der Waals surface area contributed by atoms with Crippen molar-refractivity contribution in [1.82, 2.24) is 9.80 Å². The lowest BCUT2D eigenvalue weighted by Crippen LogP contribution is -2.58. The molecule has 6 rings (SSSR count). The molecule has 27 heavy (non-hydrogen) atoms. The number of hydrogen-bond donors (Lipinski definition) is 0. The largest absolute Gasteiger partial charge is 0.339 e. The minimum Gasteiger partial charge on any atom is -0.339 e. The van der Waals surface area contributed by atoms with Crippen LogP contribution in [-0.2, 0) is 4.79 Å². The van der Waals surface area contributed by atoms with Crippen LogP contribution in [0.3, 0.4) is 0 Å². The van der Waals surface area contributed by atoms with Crippen molar-refractivity contribution in [2.24, 2.45) is 23.2 Å². The Morgan fingerprint density at radius 3 is 1.93 bits per heavy atom. The van der Waals surface area contributed by atoms with E-state index in [1.54, 1.807) is 0 Å². The summed E-state index contributed by atoms with van der Waals surface area (Å²) >= 11 is 0. The van der Waals surface area contributed by atoms with E-state index in [0.29, 0.717) is 32.1 Å². The molecule has 0 radical (unpaired) electrons. The molecule has 2 amide bonds. The van der Waals surface area contributed by atoms with Crippen LogP contribution in [0.25, 0.3) is 0 Å². The molecule has 0 spiro atoms. The van der Waals surface area contributed by atoms with Crippen LogP contribution in [0.4, 0.5) is 0 Å². The molecule has 4 bridgehead atoms. The van der Waals surface area contributed by atoms with Gasteiger partial charge in [0.2, 0.25) is 5.91 Å². The van der Waals surface area contributed by atoms with Gasteiger partial charge < -0.3 is 9.80 Å². The SMILES string of the molecule is Cc1ccccc1C(=O)N1CCN(C(=O)C23CC4CC(CC(C4)C2)C3)CC1. The van der Waals surface area contributed by atoms with Crippen molar-refractivity contribution in [2.75, 3.05) is 26.2 Å². The predicted octanol–water partition coefficient (Wildman–Crippen LogP) is 3.50. The lowest BCUT2D eigenvalue weighted by molar-refractivity contribution is -0.159. The number of carbonyl (C=O) groups excluding carboxylic acids is 2. The van der Waals surface area contributed by atoms with E-state index in [4.69, 9.17) is 0 Å². The van der Waals surface area contributed by atoms with Crippen LogP contribution in [0.2, 0.25) is 0 Å². The van der Waals surface area contributed by atoms with Gasteiger partial charge in [0, 0.05) is 31.7 Å². The second-order valence-corrected chi connectivity index (χ2v) is 9.60. The molecule has 4 heteroatoms. The molecule has 0 aromatic heterocycles. The molecule has 0 N–H and O–H groups in total. The van der Waals surface area contributed by atoms with E-state index in [2.05, 4.69) is 4.90 Å². The number of amides is 2. The van der Waals surface area contributed by atoms with E-state index >= 15 is 0 Å². The van der Waals surface area contributed by atoms with Crippen LogP contribution in [-0.4, -0.2) is 47.8 Å². The third-order valence-electron chi connectivity index (χ3n) is 7.72. The summed E-state index contributed by atoms with van der Waals surface area (Å²) in [7, 11) is 0. The lowest BCUT2D eigenvalue weighted by Gasteiger charge is -2.57. The van der Waals surface area contributed by atoms with E-state index in [0.717, 1.165) is 48.1 Å². The van der Waals surface area contributed by atoms with Crippen molar-refractivity contribution in [1.29, 1.82) is 0 Å². The van der Waals surface area contributed by atoms with Gasteiger partial charge in [0.25, 0.3) is 5.91 Å². The van der Waals surface area contributed by atoms with Gasteiger partial charge in [0.05, 0.1) is 5.41 Å². The summed E-state index contributed by atoms with van der Waals surface area (Å²) in [5, 5.41) is 0. The summed E-state index contributed by atoms with van der Waals surface area (Å²) in [6.45, 7) is 4.69. The van der Waals surface area contributed by atoms with E-state index in [1.807, 2.05) is 36.1 Å². The van der Waals surface area contributed by atoms with Crippen LogP contribution in [0, 0.1) is 30.1 Å². The minimum atomic E-state index is -0.0586. The molecule has 4 aliphatic carbocycles. The zero-order chi connectivity index (χ0) is 18.6. The molecular weight excluding hydrogens is 336 g/mol. The first-order valence-electron chi connectivity index (χ1n) is 10.7. The Hall–Kier alpha value is -1.84. The molecule has 0 atom stereocenters. The molecule has 5 fully saturated rings. The van der Waals surface area contributed by atoms with Gasteiger partial charge >= 0.3 is 0 Å².